The molecule has 0 unspecified atom stereocenters. The first kappa shape index (κ1) is 24.4. The number of halogens is 1. The van der Waals surface area contributed by atoms with Gasteiger partial charge in [0.1, 0.15) is 11.3 Å². The largest absolute Gasteiger partial charge is 0.492 e. The van der Waals surface area contributed by atoms with Crippen molar-refractivity contribution in [3.8, 4) is 5.75 Å². The summed E-state index contributed by atoms with van der Waals surface area (Å²) in [5, 5.41) is 9.51. The molecular weight excluding hydrogens is 445 g/mol. The highest BCUT2D eigenvalue weighted by molar-refractivity contribution is 5.97. The summed E-state index contributed by atoms with van der Waals surface area (Å²) >= 11 is 0. The minimum atomic E-state index is -1.32. The van der Waals surface area contributed by atoms with Gasteiger partial charge in [-0.05, 0) is 25.8 Å². The Morgan fingerprint density at radius 3 is 2.47 bits per heavy atom. The third-order valence-electron chi connectivity index (χ3n) is 6.39. The van der Waals surface area contributed by atoms with Crippen LogP contribution in [0.25, 0.3) is 10.9 Å². The van der Waals surface area contributed by atoms with E-state index in [2.05, 4.69) is 4.90 Å². The fourth-order valence-electron chi connectivity index (χ4n) is 4.48. The molecule has 1 aliphatic heterocycles. The van der Waals surface area contributed by atoms with Crippen molar-refractivity contribution in [3.63, 3.8) is 0 Å². The van der Waals surface area contributed by atoms with Gasteiger partial charge in [0.15, 0.2) is 11.6 Å². The molecule has 1 saturated carbocycles. The Hall–Kier alpha value is -2.69. The number of benzene rings is 1. The zero-order valence-corrected chi connectivity index (χ0v) is 19.7. The Kier molecular flexibility index (Phi) is 7.70. The maximum atomic E-state index is 15.4. The summed E-state index contributed by atoms with van der Waals surface area (Å²) in [5.74, 6) is -1.62. The van der Waals surface area contributed by atoms with Crippen LogP contribution >= 0.6 is 0 Å². The van der Waals surface area contributed by atoms with E-state index < -0.39 is 17.2 Å². The molecule has 0 radical (unpaired) electrons. The smallest absolute Gasteiger partial charge is 0.341 e. The first-order chi connectivity index (χ1) is 16.5. The van der Waals surface area contributed by atoms with Gasteiger partial charge in [0.2, 0.25) is 5.43 Å². The number of fused-ring (bicyclic) bond motifs is 1. The molecule has 0 bridgehead atoms. The average Bonchev–Trinajstić information content (AvgIpc) is 3.67. The molecule has 186 valence electrons. The number of anilines is 1. The van der Waals surface area contributed by atoms with E-state index in [0.29, 0.717) is 50.7 Å². The van der Waals surface area contributed by atoms with Gasteiger partial charge in [0.25, 0.3) is 0 Å². The Labute approximate surface area is 197 Å². The first-order valence-electron chi connectivity index (χ1n) is 11.8. The van der Waals surface area contributed by atoms with Gasteiger partial charge in [0, 0.05) is 51.6 Å². The topological polar surface area (TPSA) is 93.5 Å². The van der Waals surface area contributed by atoms with Crippen molar-refractivity contribution in [1.29, 1.82) is 0 Å². The molecule has 0 amide bonds. The minimum Gasteiger partial charge on any atom is -0.492 e. The number of pyridine rings is 1. The van der Waals surface area contributed by atoms with E-state index >= 15 is 4.39 Å². The predicted molar refractivity (Wildman–Crippen MR) is 126 cm³/mol. The summed E-state index contributed by atoms with van der Waals surface area (Å²) in [4.78, 5) is 28.7. The molecule has 2 heterocycles. The molecule has 9 nitrogen and oxygen atoms in total. The highest BCUT2D eigenvalue weighted by atomic mass is 19.1. The SMILES string of the molecule is CCOCCOCCN1CCN(c2c(F)cc3c(=O)c(C(=O)O)cn(C4CC4)c3c2OC)CC1. The second-order valence-electron chi connectivity index (χ2n) is 8.59. The zero-order valence-electron chi connectivity index (χ0n) is 19.7. The van der Waals surface area contributed by atoms with Crippen LogP contribution in [0.1, 0.15) is 36.2 Å². The van der Waals surface area contributed by atoms with Crippen LogP contribution in [-0.4, -0.2) is 86.8 Å². The second kappa shape index (κ2) is 10.7. The molecule has 4 rings (SSSR count). The van der Waals surface area contributed by atoms with Crippen molar-refractivity contribution in [2.75, 3.05) is 71.2 Å². The monoisotopic (exact) mass is 477 g/mol. The molecule has 1 aromatic carbocycles. The molecule has 34 heavy (non-hydrogen) atoms. The summed E-state index contributed by atoms with van der Waals surface area (Å²) in [7, 11) is 1.46. The second-order valence-corrected chi connectivity index (χ2v) is 8.59. The molecule has 2 fully saturated rings. The molecule has 1 aliphatic carbocycles. The standard InChI is InChI=1S/C24H32FN3O6/c1-3-33-12-13-34-11-10-26-6-8-27(9-7-26)21-19(25)14-17-20(23(21)32-2)28(16-4-5-16)15-18(22(17)29)24(30)31/h14-16H,3-13H2,1-2H3,(H,30,31). The number of nitrogens with zero attached hydrogens (tertiary/aromatic N) is 3. The van der Waals surface area contributed by atoms with Gasteiger partial charge in [-0.25, -0.2) is 9.18 Å². The van der Waals surface area contributed by atoms with Crippen LogP contribution in [0, 0.1) is 5.82 Å². The first-order valence-corrected chi connectivity index (χ1v) is 11.8. The zero-order chi connectivity index (χ0) is 24.2. The van der Waals surface area contributed by atoms with Crippen LogP contribution in [-0.2, 0) is 9.47 Å². The molecule has 1 aromatic heterocycles. The Balaban J connectivity index is 1.56. The Morgan fingerprint density at radius 2 is 1.85 bits per heavy atom. The molecule has 10 heteroatoms. The fraction of sp³-hybridized carbons (Fsp3) is 0.583. The number of piperazine rings is 1. The summed E-state index contributed by atoms with van der Waals surface area (Å²) in [5.41, 5.74) is -0.274. The van der Waals surface area contributed by atoms with Gasteiger partial charge in [-0.2, -0.15) is 0 Å². The van der Waals surface area contributed by atoms with E-state index in [4.69, 9.17) is 14.2 Å². The van der Waals surface area contributed by atoms with Crippen molar-refractivity contribution in [3.05, 3.63) is 33.9 Å². The molecule has 2 aromatic rings. The lowest BCUT2D eigenvalue weighted by atomic mass is 10.1. The normalized spacial score (nSPS) is 16.9. The van der Waals surface area contributed by atoms with Gasteiger partial charge >= 0.3 is 5.97 Å². The fourth-order valence-corrected chi connectivity index (χ4v) is 4.48. The van der Waals surface area contributed by atoms with E-state index in [-0.39, 0.29) is 22.7 Å². The summed E-state index contributed by atoms with van der Waals surface area (Å²) in [6.07, 6.45) is 3.12. The number of aromatic carboxylic acids is 1. The van der Waals surface area contributed by atoms with E-state index in [1.807, 2.05) is 11.8 Å². The van der Waals surface area contributed by atoms with E-state index in [9.17, 15) is 14.7 Å². The number of hydrogen-bond donors (Lipinski definition) is 1. The van der Waals surface area contributed by atoms with Crippen LogP contribution in [0.5, 0.6) is 5.75 Å². The predicted octanol–water partition coefficient (Wildman–Crippen LogP) is 2.36. The number of rotatable bonds is 11. The quantitative estimate of drug-likeness (QED) is 0.493. The molecule has 1 saturated heterocycles. The van der Waals surface area contributed by atoms with Gasteiger partial charge in [0.05, 0.1) is 37.8 Å². The molecule has 0 spiro atoms. The lowest BCUT2D eigenvalue weighted by molar-refractivity contribution is 0.0422. The van der Waals surface area contributed by atoms with Gasteiger partial charge in [-0.1, -0.05) is 0 Å². The highest BCUT2D eigenvalue weighted by Gasteiger charge is 2.32. The minimum absolute atomic E-state index is 0.0349. The maximum Gasteiger partial charge on any atom is 0.341 e. The molecule has 2 aliphatic rings. The molecule has 1 N–H and O–H groups in total. The number of carbonyl (C=O) groups is 1. The van der Waals surface area contributed by atoms with Gasteiger partial charge in [-0.3, -0.25) is 9.69 Å². The number of carboxylic acid groups (broad SMARTS) is 1. The van der Waals surface area contributed by atoms with Crippen LogP contribution in [0.4, 0.5) is 10.1 Å². The van der Waals surface area contributed by atoms with Crippen LogP contribution in [0.2, 0.25) is 0 Å². The van der Waals surface area contributed by atoms with Crippen molar-refractivity contribution in [1.82, 2.24) is 9.47 Å². The highest BCUT2D eigenvalue weighted by Crippen LogP contribution is 2.43. The molecular formula is C24H32FN3O6. The molecule has 0 atom stereocenters. The van der Waals surface area contributed by atoms with Crippen molar-refractivity contribution < 1.29 is 28.5 Å². The van der Waals surface area contributed by atoms with Crippen molar-refractivity contribution in [2.45, 2.75) is 25.8 Å². The summed E-state index contributed by atoms with van der Waals surface area (Å²) in [6.45, 7) is 7.85. The average molecular weight is 478 g/mol. The van der Waals surface area contributed by atoms with Crippen LogP contribution in [0.15, 0.2) is 17.1 Å². The Bertz CT molecular complexity index is 1090. The van der Waals surface area contributed by atoms with E-state index in [1.54, 1.807) is 4.57 Å². The number of aromatic nitrogens is 1. The van der Waals surface area contributed by atoms with Crippen LogP contribution < -0.4 is 15.1 Å². The van der Waals surface area contributed by atoms with Crippen molar-refractivity contribution in [2.24, 2.45) is 0 Å². The third-order valence-corrected chi connectivity index (χ3v) is 6.39. The van der Waals surface area contributed by atoms with E-state index in [1.165, 1.54) is 19.4 Å². The summed E-state index contributed by atoms with van der Waals surface area (Å²) < 4.78 is 33.7. The lowest BCUT2D eigenvalue weighted by Gasteiger charge is -2.37. The summed E-state index contributed by atoms with van der Waals surface area (Å²) in [6, 6.07) is 1.24. The number of carboxylic acids is 1. The third kappa shape index (κ3) is 5.03. The van der Waals surface area contributed by atoms with Crippen molar-refractivity contribution >= 4 is 22.6 Å². The van der Waals surface area contributed by atoms with E-state index in [0.717, 1.165) is 32.5 Å². The number of hydrogen-bond acceptors (Lipinski definition) is 7. The Morgan fingerprint density at radius 1 is 1.15 bits per heavy atom. The lowest BCUT2D eigenvalue weighted by Crippen LogP contribution is -2.47. The maximum absolute atomic E-state index is 15.4. The number of methoxy groups -OCH3 is 1. The van der Waals surface area contributed by atoms with Gasteiger partial charge < -0.3 is 28.8 Å². The van der Waals surface area contributed by atoms with Crippen LogP contribution in [0.3, 0.4) is 0 Å². The number of ether oxygens (including phenoxy) is 3. The van der Waals surface area contributed by atoms with Gasteiger partial charge in [-0.15, -0.1) is 0 Å².